The lowest BCUT2D eigenvalue weighted by atomic mass is 10.2. The van der Waals surface area contributed by atoms with Gasteiger partial charge in [-0.1, -0.05) is 0 Å². The molecule has 1 heterocycles. The van der Waals surface area contributed by atoms with Gasteiger partial charge in [0.2, 0.25) is 5.91 Å². The second-order valence-electron chi connectivity index (χ2n) is 3.60. The number of anilines is 1. The van der Waals surface area contributed by atoms with E-state index in [9.17, 15) is 4.79 Å². The highest BCUT2D eigenvalue weighted by Gasteiger charge is 2.05. The molecule has 0 aliphatic rings. The average molecular weight is 208 g/mol. The van der Waals surface area contributed by atoms with Gasteiger partial charge in [-0.2, -0.15) is 0 Å². The monoisotopic (exact) mass is 208 g/mol. The zero-order valence-electron chi connectivity index (χ0n) is 9.28. The molecule has 1 aromatic heterocycles. The lowest BCUT2D eigenvalue weighted by Gasteiger charge is -2.09. The van der Waals surface area contributed by atoms with Crippen molar-refractivity contribution in [1.29, 1.82) is 0 Å². The van der Waals surface area contributed by atoms with Gasteiger partial charge in [0.1, 0.15) is 6.61 Å². The molecule has 82 valence electrons. The number of pyridine rings is 1. The first kappa shape index (κ1) is 11.7. The van der Waals surface area contributed by atoms with Crippen LogP contribution in [0.3, 0.4) is 0 Å². The molecule has 0 unspecified atom stereocenters. The van der Waals surface area contributed by atoms with Gasteiger partial charge in [-0.25, -0.2) is 0 Å². The normalized spacial score (nSPS) is 10.4. The average Bonchev–Trinajstić information content (AvgIpc) is 2.18. The first-order valence-corrected chi connectivity index (χ1v) is 4.91. The summed E-state index contributed by atoms with van der Waals surface area (Å²) in [6.07, 6.45) is 3.42. The lowest BCUT2D eigenvalue weighted by molar-refractivity contribution is -0.121. The van der Waals surface area contributed by atoms with Crippen molar-refractivity contribution < 1.29 is 9.53 Å². The Morgan fingerprint density at radius 2 is 2.33 bits per heavy atom. The van der Waals surface area contributed by atoms with Crippen LogP contribution < -0.4 is 5.32 Å². The molecule has 4 heteroatoms. The molecule has 0 aromatic carbocycles. The maximum Gasteiger partial charge on any atom is 0.250 e. The van der Waals surface area contributed by atoms with Crippen LogP contribution in [0.15, 0.2) is 18.5 Å². The van der Waals surface area contributed by atoms with Crippen molar-refractivity contribution in [2.24, 2.45) is 0 Å². The van der Waals surface area contributed by atoms with Crippen LogP contribution in [-0.4, -0.2) is 23.6 Å². The van der Waals surface area contributed by atoms with Crippen LogP contribution in [0.25, 0.3) is 0 Å². The van der Waals surface area contributed by atoms with E-state index in [-0.39, 0.29) is 18.6 Å². The van der Waals surface area contributed by atoms with Crippen molar-refractivity contribution in [2.75, 3.05) is 11.9 Å². The smallest absolute Gasteiger partial charge is 0.250 e. The van der Waals surface area contributed by atoms with Crippen molar-refractivity contribution in [3.05, 3.63) is 24.0 Å². The first-order chi connectivity index (χ1) is 7.09. The molecular formula is C11H16N2O2. The molecule has 1 aromatic rings. The molecule has 0 saturated heterocycles. The molecule has 1 N–H and O–H groups in total. The minimum absolute atomic E-state index is 0.0642. The molecule has 1 rings (SSSR count). The third kappa shape index (κ3) is 4.08. The van der Waals surface area contributed by atoms with Crippen molar-refractivity contribution in [3.63, 3.8) is 0 Å². The lowest BCUT2D eigenvalue weighted by Crippen LogP contribution is -2.21. The third-order valence-electron chi connectivity index (χ3n) is 1.84. The number of carbonyl (C=O) groups is 1. The quantitative estimate of drug-likeness (QED) is 0.820. The summed E-state index contributed by atoms with van der Waals surface area (Å²) in [4.78, 5) is 15.4. The van der Waals surface area contributed by atoms with E-state index < -0.39 is 0 Å². The zero-order chi connectivity index (χ0) is 11.3. The Morgan fingerprint density at radius 1 is 1.60 bits per heavy atom. The highest BCUT2D eigenvalue weighted by atomic mass is 16.5. The predicted molar refractivity (Wildman–Crippen MR) is 58.7 cm³/mol. The van der Waals surface area contributed by atoms with Gasteiger partial charge >= 0.3 is 0 Å². The van der Waals surface area contributed by atoms with E-state index in [0.717, 1.165) is 11.3 Å². The van der Waals surface area contributed by atoms with Crippen molar-refractivity contribution >= 4 is 11.6 Å². The Balaban J connectivity index is 2.48. The Bertz CT molecular complexity index is 337. The van der Waals surface area contributed by atoms with Gasteiger partial charge in [0.15, 0.2) is 0 Å². The molecule has 0 fully saturated rings. The fourth-order valence-corrected chi connectivity index (χ4v) is 1.04. The highest BCUT2D eigenvalue weighted by molar-refractivity contribution is 5.92. The molecule has 0 spiro atoms. The van der Waals surface area contributed by atoms with Crippen molar-refractivity contribution in [3.8, 4) is 0 Å². The van der Waals surface area contributed by atoms with Gasteiger partial charge in [-0.05, 0) is 32.4 Å². The minimum Gasteiger partial charge on any atom is -0.369 e. The molecule has 15 heavy (non-hydrogen) atoms. The molecule has 1 amide bonds. The Morgan fingerprint density at radius 3 is 2.93 bits per heavy atom. The van der Waals surface area contributed by atoms with E-state index in [4.69, 9.17) is 4.74 Å². The number of hydrogen-bond donors (Lipinski definition) is 1. The fraction of sp³-hybridized carbons (Fsp3) is 0.455. The van der Waals surface area contributed by atoms with E-state index in [1.54, 1.807) is 18.5 Å². The summed E-state index contributed by atoms with van der Waals surface area (Å²) < 4.78 is 5.19. The van der Waals surface area contributed by atoms with Gasteiger partial charge in [-0.3, -0.25) is 9.78 Å². The van der Waals surface area contributed by atoms with Crippen LogP contribution in [0.5, 0.6) is 0 Å². The van der Waals surface area contributed by atoms with Crippen LogP contribution in [0.4, 0.5) is 5.69 Å². The number of aryl methyl sites for hydroxylation is 1. The number of amides is 1. The van der Waals surface area contributed by atoms with Crippen LogP contribution in [0.1, 0.15) is 19.4 Å². The van der Waals surface area contributed by atoms with Gasteiger partial charge in [0.25, 0.3) is 0 Å². The van der Waals surface area contributed by atoms with E-state index in [1.165, 1.54) is 0 Å². The summed E-state index contributed by atoms with van der Waals surface area (Å²) in [5.74, 6) is -0.141. The number of hydrogen-bond acceptors (Lipinski definition) is 3. The number of aromatic nitrogens is 1. The standard InChI is InChI=1S/C11H16N2O2/c1-8(2)15-7-11(14)13-10-4-5-12-6-9(10)3/h4-6,8H,7H2,1-3H3,(H,12,13,14). The van der Waals surface area contributed by atoms with Crippen LogP contribution >= 0.6 is 0 Å². The second-order valence-corrected chi connectivity index (χ2v) is 3.60. The molecule has 0 radical (unpaired) electrons. The molecule has 4 nitrogen and oxygen atoms in total. The number of carbonyl (C=O) groups excluding carboxylic acids is 1. The maximum atomic E-state index is 11.4. The largest absolute Gasteiger partial charge is 0.369 e. The number of nitrogens with zero attached hydrogens (tertiary/aromatic N) is 1. The SMILES string of the molecule is Cc1cnccc1NC(=O)COC(C)C. The first-order valence-electron chi connectivity index (χ1n) is 4.91. The third-order valence-corrected chi connectivity index (χ3v) is 1.84. The van der Waals surface area contributed by atoms with Gasteiger partial charge in [0.05, 0.1) is 6.10 Å². The predicted octanol–water partition coefficient (Wildman–Crippen LogP) is 1.75. The van der Waals surface area contributed by atoms with Gasteiger partial charge in [-0.15, -0.1) is 0 Å². The molecule has 0 bridgehead atoms. The number of ether oxygens (including phenoxy) is 1. The molecular weight excluding hydrogens is 192 g/mol. The second kappa shape index (κ2) is 5.46. The van der Waals surface area contributed by atoms with Crippen LogP contribution in [0.2, 0.25) is 0 Å². The zero-order valence-corrected chi connectivity index (χ0v) is 9.28. The van der Waals surface area contributed by atoms with Crippen LogP contribution in [0, 0.1) is 6.92 Å². The Kier molecular flexibility index (Phi) is 4.24. The fourth-order valence-electron chi connectivity index (χ4n) is 1.04. The van der Waals surface area contributed by atoms with E-state index in [0.29, 0.717) is 0 Å². The Labute approximate surface area is 89.7 Å². The van der Waals surface area contributed by atoms with E-state index >= 15 is 0 Å². The van der Waals surface area contributed by atoms with Crippen LogP contribution in [-0.2, 0) is 9.53 Å². The summed E-state index contributed by atoms with van der Waals surface area (Å²) in [5, 5.41) is 2.76. The minimum atomic E-state index is -0.141. The Hall–Kier alpha value is -1.42. The summed E-state index contributed by atoms with van der Waals surface area (Å²) in [6, 6.07) is 1.77. The van der Waals surface area contributed by atoms with E-state index in [2.05, 4.69) is 10.3 Å². The summed E-state index contributed by atoms with van der Waals surface area (Å²) in [5.41, 5.74) is 1.72. The topological polar surface area (TPSA) is 51.2 Å². The molecule has 0 aliphatic carbocycles. The van der Waals surface area contributed by atoms with E-state index in [1.807, 2.05) is 20.8 Å². The van der Waals surface area contributed by atoms with Crippen molar-refractivity contribution in [2.45, 2.75) is 26.9 Å². The van der Waals surface area contributed by atoms with Crippen molar-refractivity contribution in [1.82, 2.24) is 4.98 Å². The summed E-state index contributed by atoms with van der Waals surface area (Å²) >= 11 is 0. The molecule has 0 aliphatic heterocycles. The maximum absolute atomic E-state index is 11.4. The van der Waals surface area contributed by atoms with Gasteiger partial charge < -0.3 is 10.1 Å². The number of rotatable bonds is 4. The highest BCUT2D eigenvalue weighted by Crippen LogP contribution is 2.11. The summed E-state index contributed by atoms with van der Waals surface area (Å²) in [7, 11) is 0. The molecule has 0 saturated carbocycles. The van der Waals surface area contributed by atoms with Gasteiger partial charge in [0, 0.05) is 18.1 Å². The molecule has 0 atom stereocenters. The number of nitrogens with one attached hydrogen (secondary N) is 1. The summed E-state index contributed by atoms with van der Waals surface area (Å²) in [6.45, 7) is 5.77.